The number of carbonyl (C=O) groups excluding carboxylic acids is 1. The summed E-state index contributed by atoms with van der Waals surface area (Å²) in [6, 6.07) is 17.7. The maximum Gasteiger partial charge on any atom is 0.413 e. The maximum atomic E-state index is 12.6. The summed E-state index contributed by atoms with van der Waals surface area (Å²) in [5.41, 5.74) is 3.23. The third-order valence-corrected chi connectivity index (χ3v) is 7.68. The van der Waals surface area contributed by atoms with E-state index in [2.05, 4.69) is 27.4 Å². The second-order valence-electron chi connectivity index (χ2n) is 9.91. The Morgan fingerprint density at radius 2 is 1.69 bits per heavy atom. The van der Waals surface area contributed by atoms with Gasteiger partial charge in [0.05, 0.1) is 17.3 Å². The van der Waals surface area contributed by atoms with Gasteiger partial charge in [-0.25, -0.2) is 9.48 Å². The van der Waals surface area contributed by atoms with E-state index >= 15 is 0 Å². The molecular formula is C28H32N4O4. The van der Waals surface area contributed by atoms with E-state index in [9.17, 15) is 14.7 Å². The van der Waals surface area contributed by atoms with Gasteiger partial charge in [0.15, 0.2) is 0 Å². The van der Waals surface area contributed by atoms with Crippen molar-refractivity contribution in [1.29, 1.82) is 0 Å². The lowest BCUT2D eigenvalue weighted by atomic mass is 9.81. The molecule has 1 unspecified atom stereocenters. The first-order valence-electron chi connectivity index (χ1n) is 12.5. The minimum Gasteiger partial charge on any atom is -0.481 e. The summed E-state index contributed by atoms with van der Waals surface area (Å²) in [7, 11) is 0. The first-order valence-corrected chi connectivity index (χ1v) is 12.5. The van der Waals surface area contributed by atoms with E-state index in [1.165, 1.54) is 0 Å². The Bertz CT molecular complexity index is 1230. The van der Waals surface area contributed by atoms with Gasteiger partial charge in [-0.2, -0.15) is 5.10 Å². The van der Waals surface area contributed by atoms with Crippen molar-refractivity contribution in [2.45, 2.75) is 45.6 Å². The van der Waals surface area contributed by atoms with Crippen LogP contribution in [0.1, 0.15) is 49.8 Å². The van der Waals surface area contributed by atoms with Crippen LogP contribution in [0, 0.1) is 18.3 Å². The number of aliphatic carboxylic acids is 1. The van der Waals surface area contributed by atoms with E-state index in [1.54, 1.807) is 10.9 Å². The maximum absolute atomic E-state index is 12.6. The molecule has 2 aromatic carbocycles. The molecule has 188 valence electrons. The number of benzene rings is 2. The lowest BCUT2D eigenvalue weighted by Crippen LogP contribution is -2.39. The predicted molar refractivity (Wildman–Crippen MR) is 138 cm³/mol. The van der Waals surface area contributed by atoms with Crippen LogP contribution in [0.3, 0.4) is 0 Å². The van der Waals surface area contributed by atoms with E-state index < -0.39 is 17.5 Å². The molecule has 5 rings (SSSR count). The number of ether oxygens (including phenoxy) is 1. The zero-order valence-electron chi connectivity index (χ0n) is 20.7. The summed E-state index contributed by atoms with van der Waals surface area (Å²) in [6.45, 7) is 5.45. The Morgan fingerprint density at radius 1 is 1.06 bits per heavy atom. The van der Waals surface area contributed by atoms with Crippen LogP contribution in [-0.2, 0) is 9.53 Å². The van der Waals surface area contributed by atoms with Crippen molar-refractivity contribution in [3.63, 3.8) is 0 Å². The second kappa shape index (κ2) is 9.68. The molecule has 1 saturated heterocycles. The van der Waals surface area contributed by atoms with Crippen molar-refractivity contribution in [3.8, 4) is 5.69 Å². The number of carboxylic acid groups (broad SMARTS) is 1. The van der Waals surface area contributed by atoms with Crippen LogP contribution >= 0.6 is 0 Å². The van der Waals surface area contributed by atoms with Crippen molar-refractivity contribution in [1.82, 2.24) is 9.78 Å². The average Bonchev–Trinajstić information content (AvgIpc) is 3.64. The van der Waals surface area contributed by atoms with Crippen molar-refractivity contribution in [2.24, 2.45) is 11.3 Å². The summed E-state index contributed by atoms with van der Waals surface area (Å²) in [5, 5.41) is 16.9. The zero-order valence-corrected chi connectivity index (χ0v) is 20.7. The number of nitrogens with one attached hydrogen (secondary N) is 1. The monoisotopic (exact) mass is 488 g/mol. The minimum atomic E-state index is -0.623. The number of carbonyl (C=O) groups is 2. The Morgan fingerprint density at radius 3 is 2.31 bits per heavy atom. The molecule has 1 saturated carbocycles. The number of aryl methyl sites for hydroxylation is 1. The Kier molecular flexibility index (Phi) is 6.43. The fourth-order valence-electron chi connectivity index (χ4n) is 5.28. The molecule has 0 bridgehead atoms. The van der Waals surface area contributed by atoms with Crippen molar-refractivity contribution in [3.05, 3.63) is 71.9 Å². The van der Waals surface area contributed by atoms with Crippen LogP contribution in [0.4, 0.5) is 16.3 Å². The number of carboxylic acids is 1. The number of hydrogen-bond donors (Lipinski definition) is 2. The molecule has 2 heterocycles. The number of rotatable bonds is 7. The predicted octanol–water partition coefficient (Wildman–Crippen LogP) is 5.57. The van der Waals surface area contributed by atoms with Crippen LogP contribution in [0.15, 0.2) is 60.8 Å². The van der Waals surface area contributed by atoms with Gasteiger partial charge in [0.1, 0.15) is 11.9 Å². The molecule has 2 aliphatic rings. The molecule has 2 N–H and O–H groups in total. The van der Waals surface area contributed by atoms with Gasteiger partial charge in [0.25, 0.3) is 0 Å². The molecule has 36 heavy (non-hydrogen) atoms. The lowest BCUT2D eigenvalue weighted by Gasteiger charge is -2.36. The van der Waals surface area contributed by atoms with Gasteiger partial charge < -0.3 is 14.7 Å². The third kappa shape index (κ3) is 4.67. The van der Waals surface area contributed by atoms with Crippen LogP contribution in [-0.4, -0.2) is 40.0 Å². The Hall–Kier alpha value is -3.81. The number of aromatic nitrogens is 2. The summed E-state index contributed by atoms with van der Waals surface area (Å²) >= 11 is 0. The van der Waals surface area contributed by atoms with E-state index in [4.69, 9.17) is 4.74 Å². The summed E-state index contributed by atoms with van der Waals surface area (Å²) in [5.74, 6) is 0.218. The van der Waals surface area contributed by atoms with Gasteiger partial charge in [-0.1, -0.05) is 30.3 Å². The van der Waals surface area contributed by atoms with Gasteiger partial charge in [-0.15, -0.1) is 0 Å². The van der Waals surface area contributed by atoms with Gasteiger partial charge in [0, 0.05) is 24.3 Å². The Labute approximate surface area is 210 Å². The standard InChI is InChI=1S/C28H32N4O4/c1-19-18-29-32(25(19)30-27(35)36-20(2)21-6-4-3-5-7-21)24-10-8-23(9-11-24)31-16-12-22(13-17-31)28(14-15-28)26(33)34/h3-11,18,20,22H,12-17H2,1-2H3,(H,30,35)(H,33,34). The molecule has 1 aromatic heterocycles. The van der Waals surface area contributed by atoms with Crippen LogP contribution < -0.4 is 10.2 Å². The van der Waals surface area contributed by atoms with Gasteiger partial charge in [-0.3, -0.25) is 10.1 Å². The highest BCUT2D eigenvalue weighted by molar-refractivity contribution is 5.85. The summed E-state index contributed by atoms with van der Waals surface area (Å²) in [6.07, 6.45) is 4.25. The molecule has 1 aliphatic heterocycles. The van der Waals surface area contributed by atoms with Crippen LogP contribution in [0.25, 0.3) is 5.69 Å². The van der Waals surface area contributed by atoms with Crippen LogP contribution in [0.5, 0.6) is 0 Å². The minimum absolute atomic E-state index is 0.274. The normalized spacial score (nSPS) is 17.9. The molecule has 0 radical (unpaired) electrons. The number of hydrogen-bond acceptors (Lipinski definition) is 5. The van der Waals surface area contributed by atoms with E-state index in [0.717, 1.165) is 61.3 Å². The number of piperidine rings is 1. The number of anilines is 2. The van der Waals surface area contributed by atoms with E-state index in [0.29, 0.717) is 5.82 Å². The topological polar surface area (TPSA) is 96.7 Å². The molecule has 8 nitrogen and oxygen atoms in total. The zero-order chi connectivity index (χ0) is 25.3. The van der Waals surface area contributed by atoms with Gasteiger partial charge in [0.2, 0.25) is 0 Å². The molecular weight excluding hydrogens is 456 g/mol. The quantitative estimate of drug-likeness (QED) is 0.451. The Balaban J connectivity index is 1.23. The molecule has 3 aromatic rings. The first kappa shape index (κ1) is 23.9. The molecule has 1 amide bonds. The summed E-state index contributed by atoms with van der Waals surface area (Å²) < 4.78 is 7.27. The van der Waals surface area contributed by atoms with E-state index in [-0.39, 0.29) is 12.0 Å². The highest BCUT2D eigenvalue weighted by atomic mass is 16.6. The molecule has 0 spiro atoms. The number of amides is 1. The smallest absolute Gasteiger partial charge is 0.413 e. The van der Waals surface area contributed by atoms with E-state index in [1.807, 2.05) is 56.3 Å². The molecule has 1 atom stereocenters. The molecule has 2 fully saturated rings. The van der Waals surface area contributed by atoms with Crippen molar-refractivity contribution < 1.29 is 19.4 Å². The van der Waals surface area contributed by atoms with Gasteiger partial charge >= 0.3 is 12.1 Å². The van der Waals surface area contributed by atoms with Gasteiger partial charge in [-0.05, 0) is 75.3 Å². The van der Waals surface area contributed by atoms with Crippen LogP contribution in [0.2, 0.25) is 0 Å². The second-order valence-corrected chi connectivity index (χ2v) is 9.91. The average molecular weight is 489 g/mol. The van der Waals surface area contributed by atoms with Crippen molar-refractivity contribution in [2.75, 3.05) is 23.3 Å². The lowest BCUT2D eigenvalue weighted by molar-refractivity contribution is -0.146. The fourth-order valence-corrected chi connectivity index (χ4v) is 5.28. The van der Waals surface area contributed by atoms with Crippen molar-refractivity contribution >= 4 is 23.6 Å². The largest absolute Gasteiger partial charge is 0.481 e. The first-order chi connectivity index (χ1) is 17.4. The molecule has 1 aliphatic carbocycles. The highest BCUT2D eigenvalue weighted by Crippen LogP contribution is 2.55. The summed E-state index contributed by atoms with van der Waals surface area (Å²) in [4.78, 5) is 26.6. The SMILES string of the molecule is Cc1cnn(-c2ccc(N3CCC(C4(C(=O)O)CC4)CC3)cc2)c1NC(=O)OC(C)c1ccccc1. The third-order valence-electron chi connectivity index (χ3n) is 7.68. The highest BCUT2D eigenvalue weighted by Gasteiger charge is 2.56. The molecule has 8 heteroatoms. The number of nitrogens with zero attached hydrogens (tertiary/aromatic N) is 3. The fraction of sp³-hybridized carbons (Fsp3) is 0.393.